The van der Waals surface area contributed by atoms with E-state index in [1.807, 2.05) is 42.5 Å². The first-order chi connectivity index (χ1) is 12.2. The lowest BCUT2D eigenvalue weighted by molar-refractivity contribution is 0.336. The molecule has 4 rings (SSSR count). The smallest absolute Gasteiger partial charge is 0.312 e. The summed E-state index contributed by atoms with van der Waals surface area (Å²) < 4.78 is 11.6. The summed E-state index contributed by atoms with van der Waals surface area (Å²) in [6.45, 7) is 0. The number of hydrogen-bond acceptors (Lipinski definition) is 7. The van der Waals surface area contributed by atoms with Gasteiger partial charge in [0.15, 0.2) is 5.69 Å². The Hall–Kier alpha value is -3.19. The third-order valence-corrected chi connectivity index (χ3v) is 4.48. The first-order valence-electron chi connectivity index (χ1n) is 7.47. The molecule has 4 aromatic rings. The van der Waals surface area contributed by atoms with E-state index < -0.39 is 0 Å². The van der Waals surface area contributed by atoms with Gasteiger partial charge in [0.25, 0.3) is 0 Å². The van der Waals surface area contributed by atoms with Crippen LogP contribution in [0.3, 0.4) is 0 Å². The summed E-state index contributed by atoms with van der Waals surface area (Å²) in [7, 11) is 1.59. The lowest BCUT2D eigenvalue weighted by Crippen LogP contribution is -1.85. The number of thiazole rings is 1. The summed E-state index contributed by atoms with van der Waals surface area (Å²) in [6, 6.07) is 15.0. The van der Waals surface area contributed by atoms with Crippen molar-refractivity contribution in [3.8, 4) is 23.1 Å². The highest BCUT2D eigenvalue weighted by atomic mass is 32.1. The Morgan fingerprint density at radius 1 is 1.16 bits per heavy atom. The predicted molar refractivity (Wildman–Crippen MR) is 97.0 cm³/mol. The van der Waals surface area contributed by atoms with Crippen LogP contribution in [0.1, 0.15) is 5.69 Å². The van der Waals surface area contributed by atoms with E-state index >= 15 is 0 Å². The van der Waals surface area contributed by atoms with Gasteiger partial charge in [-0.3, -0.25) is 0 Å². The van der Waals surface area contributed by atoms with E-state index in [1.165, 1.54) is 17.6 Å². The molecule has 2 aromatic carbocycles. The topological polar surface area (TPSA) is 80.7 Å². The standard InChI is InChI=1S/C18H13N3O3S/c1-23-12-6-4-5-11(9-12)16-20-14(17(22)24-16)10-19-18-21-13-7-2-3-8-15(13)25-18/h2-10,22H,1H3/b19-10+. The Balaban J connectivity index is 1.63. The number of ether oxygens (including phenoxy) is 1. The van der Waals surface area contributed by atoms with E-state index in [0.717, 1.165) is 10.2 Å². The van der Waals surface area contributed by atoms with Crippen molar-refractivity contribution < 1.29 is 14.3 Å². The van der Waals surface area contributed by atoms with Gasteiger partial charge in [0.05, 0.1) is 23.5 Å². The van der Waals surface area contributed by atoms with E-state index in [-0.39, 0.29) is 11.6 Å². The first-order valence-corrected chi connectivity index (χ1v) is 8.28. The molecular weight excluding hydrogens is 338 g/mol. The lowest BCUT2D eigenvalue weighted by Gasteiger charge is -2.00. The highest BCUT2D eigenvalue weighted by Gasteiger charge is 2.13. The number of nitrogens with zero attached hydrogens (tertiary/aromatic N) is 3. The molecule has 0 spiro atoms. The Bertz CT molecular complexity index is 1040. The fourth-order valence-corrected chi connectivity index (χ4v) is 3.13. The minimum Gasteiger partial charge on any atom is -0.497 e. The molecule has 124 valence electrons. The number of rotatable bonds is 4. The number of methoxy groups -OCH3 is 1. The van der Waals surface area contributed by atoms with Gasteiger partial charge in [-0.25, -0.2) is 15.0 Å². The number of para-hydroxylation sites is 1. The number of benzene rings is 2. The molecule has 7 heteroatoms. The largest absolute Gasteiger partial charge is 0.497 e. The van der Waals surface area contributed by atoms with E-state index in [4.69, 9.17) is 9.15 Å². The third-order valence-electron chi connectivity index (χ3n) is 3.53. The summed E-state index contributed by atoms with van der Waals surface area (Å²) >= 11 is 1.46. The average molecular weight is 351 g/mol. The van der Waals surface area contributed by atoms with E-state index in [9.17, 15) is 5.11 Å². The van der Waals surface area contributed by atoms with Gasteiger partial charge < -0.3 is 14.3 Å². The normalized spacial score (nSPS) is 11.4. The van der Waals surface area contributed by atoms with Crippen LogP contribution < -0.4 is 4.74 Å². The molecule has 0 radical (unpaired) electrons. The van der Waals surface area contributed by atoms with Crippen LogP contribution in [0.15, 0.2) is 57.9 Å². The van der Waals surface area contributed by atoms with Gasteiger partial charge in [0, 0.05) is 5.56 Å². The monoisotopic (exact) mass is 351 g/mol. The molecule has 0 saturated heterocycles. The zero-order chi connectivity index (χ0) is 17.2. The molecule has 6 nitrogen and oxygen atoms in total. The molecule has 2 heterocycles. The molecule has 1 N–H and O–H groups in total. The Morgan fingerprint density at radius 3 is 2.88 bits per heavy atom. The van der Waals surface area contributed by atoms with Crippen LogP contribution in [0.4, 0.5) is 5.13 Å². The number of oxazole rings is 1. The summed E-state index contributed by atoms with van der Waals surface area (Å²) in [5, 5.41) is 10.6. The van der Waals surface area contributed by atoms with Crippen molar-refractivity contribution >= 4 is 32.9 Å². The fraction of sp³-hybridized carbons (Fsp3) is 0.0556. The number of aromatic nitrogens is 2. The quantitative estimate of drug-likeness (QED) is 0.551. The minimum atomic E-state index is -0.289. The molecule has 0 amide bonds. The maximum atomic E-state index is 9.97. The molecule has 0 aliphatic rings. The van der Waals surface area contributed by atoms with Crippen molar-refractivity contribution in [3.63, 3.8) is 0 Å². The minimum absolute atomic E-state index is 0.247. The van der Waals surface area contributed by atoms with Crippen molar-refractivity contribution in [1.82, 2.24) is 9.97 Å². The molecule has 0 bridgehead atoms. The van der Waals surface area contributed by atoms with Crippen LogP contribution in [-0.4, -0.2) is 28.4 Å². The van der Waals surface area contributed by atoms with Crippen LogP contribution in [0.5, 0.6) is 11.7 Å². The van der Waals surface area contributed by atoms with Crippen LogP contribution in [0, 0.1) is 0 Å². The number of aromatic hydroxyl groups is 1. The van der Waals surface area contributed by atoms with Gasteiger partial charge in [-0.2, -0.15) is 0 Å². The molecule has 0 aliphatic heterocycles. The third kappa shape index (κ3) is 3.09. The maximum Gasteiger partial charge on any atom is 0.312 e. The van der Waals surface area contributed by atoms with Crippen LogP contribution in [0.2, 0.25) is 0 Å². The average Bonchev–Trinajstić information content (AvgIpc) is 3.23. The second kappa shape index (κ2) is 6.37. The van der Waals surface area contributed by atoms with Gasteiger partial charge in [-0.1, -0.05) is 29.5 Å². The number of aliphatic imine (C=N–C) groups is 1. The summed E-state index contributed by atoms with van der Waals surface area (Å²) in [5.41, 5.74) is 1.84. The van der Waals surface area contributed by atoms with Gasteiger partial charge in [-0.15, -0.1) is 0 Å². The molecule has 0 unspecified atom stereocenters. The second-order valence-corrected chi connectivity index (χ2v) is 6.17. The molecule has 0 saturated carbocycles. The lowest BCUT2D eigenvalue weighted by atomic mass is 10.2. The Labute approximate surface area is 147 Å². The molecule has 0 atom stereocenters. The van der Waals surface area contributed by atoms with Crippen LogP contribution in [-0.2, 0) is 0 Å². The molecular formula is C18H13N3O3S. The highest BCUT2D eigenvalue weighted by Crippen LogP contribution is 2.30. The Morgan fingerprint density at radius 2 is 2.04 bits per heavy atom. The zero-order valence-electron chi connectivity index (χ0n) is 13.2. The second-order valence-electron chi connectivity index (χ2n) is 5.16. The van der Waals surface area contributed by atoms with Gasteiger partial charge in [0.1, 0.15) is 5.75 Å². The summed E-state index contributed by atoms with van der Waals surface area (Å²) in [5.74, 6) is 0.685. The number of hydrogen-bond donors (Lipinski definition) is 1. The van der Waals surface area contributed by atoms with Crippen molar-refractivity contribution in [2.75, 3.05) is 7.11 Å². The molecule has 25 heavy (non-hydrogen) atoms. The molecule has 0 aliphatic carbocycles. The molecule has 2 aromatic heterocycles. The van der Waals surface area contributed by atoms with E-state index in [0.29, 0.717) is 22.3 Å². The predicted octanol–water partition coefficient (Wildman–Crippen LogP) is 4.42. The van der Waals surface area contributed by atoms with Crippen molar-refractivity contribution in [2.24, 2.45) is 4.99 Å². The van der Waals surface area contributed by atoms with E-state index in [2.05, 4.69) is 15.0 Å². The summed E-state index contributed by atoms with van der Waals surface area (Å²) in [6.07, 6.45) is 1.44. The molecule has 0 fully saturated rings. The van der Waals surface area contributed by atoms with Crippen molar-refractivity contribution in [3.05, 3.63) is 54.2 Å². The van der Waals surface area contributed by atoms with Gasteiger partial charge >= 0.3 is 5.95 Å². The number of fused-ring (bicyclic) bond motifs is 1. The van der Waals surface area contributed by atoms with Gasteiger partial charge in [-0.05, 0) is 30.3 Å². The van der Waals surface area contributed by atoms with Crippen LogP contribution in [0.25, 0.3) is 21.7 Å². The summed E-state index contributed by atoms with van der Waals surface area (Å²) in [4.78, 5) is 13.0. The van der Waals surface area contributed by atoms with Gasteiger partial charge in [0.2, 0.25) is 11.0 Å². The van der Waals surface area contributed by atoms with Crippen LogP contribution >= 0.6 is 11.3 Å². The highest BCUT2D eigenvalue weighted by molar-refractivity contribution is 7.22. The first kappa shape index (κ1) is 15.3. The van der Waals surface area contributed by atoms with Crippen molar-refractivity contribution in [2.45, 2.75) is 0 Å². The van der Waals surface area contributed by atoms with E-state index in [1.54, 1.807) is 13.2 Å². The zero-order valence-corrected chi connectivity index (χ0v) is 14.0. The SMILES string of the molecule is COc1cccc(-c2nc(/C=N/c3nc4ccccc4s3)c(O)o2)c1. The van der Waals surface area contributed by atoms with Crippen molar-refractivity contribution in [1.29, 1.82) is 0 Å². The fourth-order valence-electron chi connectivity index (χ4n) is 2.32. The Kier molecular flexibility index (Phi) is 3.91. The maximum absolute atomic E-state index is 9.97.